The summed E-state index contributed by atoms with van der Waals surface area (Å²) in [4.78, 5) is 12.1. The van der Waals surface area contributed by atoms with Crippen molar-refractivity contribution in [3.63, 3.8) is 0 Å². The Morgan fingerprint density at radius 1 is 1.44 bits per heavy atom. The molecule has 3 nitrogen and oxygen atoms in total. The van der Waals surface area contributed by atoms with Crippen molar-refractivity contribution in [3.05, 3.63) is 34.5 Å². The largest absolute Gasteiger partial charge is 0.481 e. The smallest absolute Gasteiger partial charge is 0.311 e. The van der Waals surface area contributed by atoms with Crippen molar-refractivity contribution in [3.8, 4) is 0 Å². The lowest BCUT2D eigenvalue weighted by atomic mass is 10.0. The van der Waals surface area contributed by atoms with Crippen LogP contribution in [0.4, 0.5) is 0 Å². The second kappa shape index (κ2) is 4.63. The molecule has 0 saturated heterocycles. The summed E-state index contributed by atoms with van der Waals surface area (Å²) in [7, 11) is 0. The second-order valence-electron chi connectivity index (χ2n) is 3.66. The number of thiophene rings is 1. The zero-order valence-corrected chi connectivity index (χ0v) is 9.54. The maximum atomic E-state index is 11.2. The van der Waals surface area contributed by atoms with Crippen LogP contribution in [0.1, 0.15) is 17.2 Å². The summed E-state index contributed by atoms with van der Waals surface area (Å²) in [6.07, 6.45) is 0.486. The Labute approximate surface area is 97.5 Å². The average Bonchev–Trinajstić information content (AvgIpc) is 2.69. The highest BCUT2D eigenvalue weighted by molar-refractivity contribution is 7.11. The average molecular weight is 235 g/mol. The molecule has 0 radical (unpaired) electrons. The number of hydrogen-bond acceptors (Lipinski definition) is 3. The highest BCUT2D eigenvalue weighted by atomic mass is 32.1. The molecule has 1 atom stereocenters. The van der Waals surface area contributed by atoms with Crippen LogP contribution in [0, 0.1) is 0 Å². The number of carbonyl (C=O) groups is 1. The third-order valence-corrected chi connectivity index (χ3v) is 3.74. The van der Waals surface area contributed by atoms with Gasteiger partial charge in [-0.3, -0.25) is 4.79 Å². The number of carboxylic acid groups (broad SMARTS) is 1. The van der Waals surface area contributed by atoms with Gasteiger partial charge in [0.2, 0.25) is 0 Å². The Balaban J connectivity index is 2.48. The fourth-order valence-electron chi connectivity index (χ4n) is 1.82. The van der Waals surface area contributed by atoms with Crippen LogP contribution >= 0.6 is 11.3 Å². The van der Waals surface area contributed by atoms with E-state index in [1.54, 1.807) is 0 Å². The van der Waals surface area contributed by atoms with E-state index in [0.717, 1.165) is 15.6 Å². The molecule has 1 heterocycles. The van der Waals surface area contributed by atoms with Gasteiger partial charge in [0.1, 0.15) is 0 Å². The zero-order chi connectivity index (χ0) is 11.5. The summed E-state index contributed by atoms with van der Waals surface area (Å²) in [5, 5.41) is 13.3. The van der Waals surface area contributed by atoms with E-state index >= 15 is 0 Å². The molecule has 84 valence electrons. The SMILES string of the molecule is NCCC(C(=O)O)c1scc2ccccc12. The molecule has 0 saturated carbocycles. The molecule has 3 N–H and O–H groups in total. The van der Waals surface area contributed by atoms with Crippen LogP contribution < -0.4 is 5.73 Å². The minimum absolute atomic E-state index is 0.392. The van der Waals surface area contributed by atoms with Gasteiger partial charge in [-0.05, 0) is 29.1 Å². The molecule has 1 unspecified atom stereocenters. The monoisotopic (exact) mass is 235 g/mol. The topological polar surface area (TPSA) is 63.3 Å². The van der Waals surface area contributed by atoms with Gasteiger partial charge in [0.05, 0.1) is 5.92 Å². The first-order chi connectivity index (χ1) is 7.74. The van der Waals surface area contributed by atoms with Crippen molar-refractivity contribution in [2.24, 2.45) is 5.73 Å². The van der Waals surface area contributed by atoms with Crippen LogP contribution in [0.3, 0.4) is 0 Å². The third kappa shape index (κ3) is 1.94. The van der Waals surface area contributed by atoms with Gasteiger partial charge in [-0.25, -0.2) is 0 Å². The normalized spacial score (nSPS) is 12.8. The van der Waals surface area contributed by atoms with Gasteiger partial charge in [-0.1, -0.05) is 24.3 Å². The van der Waals surface area contributed by atoms with Gasteiger partial charge >= 0.3 is 5.97 Å². The standard InChI is InChI=1S/C12H13NO2S/c13-6-5-10(12(14)15)11-9-4-2-1-3-8(9)7-16-11/h1-4,7,10H,5-6,13H2,(H,14,15). The first-order valence-electron chi connectivity index (χ1n) is 5.13. The van der Waals surface area contributed by atoms with Gasteiger partial charge in [0, 0.05) is 4.88 Å². The van der Waals surface area contributed by atoms with Crippen LogP contribution in [-0.4, -0.2) is 17.6 Å². The molecule has 0 bridgehead atoms. The van der Waals surface area contributed by atoms with Gasteiger partial charge in [-0.15, -0.1) is 11.3 Å². The Hall–Kier alpha value is -1.39. The van der Waals surface area contributed by atoms with Gasteiger partial charge in [-0.2, -0.15) is 0 Å². The van der Waals surface area contributed by atoms with E-state index in [-0.39, 0.29) is 0 Å². The summed E-state index contributed by atoms with van der Waals surface area (Å²) < 4.78 is 0. The molecule has 0 amide bonds. The first-order valence-corrected chi connectivity index (χ1v) is 6.01. The summed E-state index contributed by atoms with van der Waals surface area (Å²) in [6.45, 7) is 0.392. The van der Waals surface area contributed by atoms with Crippen molar-refractivity contribution in [1.82, 2.24) is 0 Å². The van der Waals surface area contributed by atoms with Crippen molar-refractivity contribution in [2.45, 2.75) is 12.3 Å². The lowest BCUT2D eigenvalue weighted by molar-refractivity contribution is -0.138. The number of hydrogen-bond donors (Lipinski definition) is 2. The molecule has 2 rings (SSSR count). The Bertz CT molecular complexity index is 506. The maximum Gasteiger partial charge on any atom is 0.311 e. The van der Waals surface area contributed by atoms with Crippen molar-refractivity contribution in [1.29, 1.82) is 0 Å². The lowest BCUT2D eigenvalue weighted by Gasteiger charge is -2.09. The Morgan fingerprint density at radius 3 is 2.88 bits per heavy atom. The van der Waals surface area contributed by atoms with E-state index in [1.165, 1.54) is 11.3 Å². The van der Waals surface area contributed by atoms with Gasteiger partial charge < -0.3 is 10.8 Å². The first kappa shape index (κ1) is 11.1. The van der Waals surface area contributed by atoms with Crippen LogP contribution in [0.5, 0.6) is 0 Å². The van der Waals surface area contributed by atoms with Crippen LogP contribution in [-0.2, 0) is 4.79 Å². The van der Waals surface area contributed by atoms with Crippen molar-refractivity contribution >= 4 is 28.1 Å². The summed E-state index contributed by atoms with van der Waals surface area (Å²) in [5.41, 5.74) is 5.46. The predicted molar refractivity (Wildman–Crippen MR) is 65.9 cm³/mol. The number of fused-ring (bicyclic) bond motifs is 1. The van der Waals surface area contributed by atoms with E-state index in [9.17, 15) is 9.90 Å². The highest BCUT2D eigenvalue weighted by Gasteiger charge is 2.22. The van der Waals surface area contributed by atoms with Crippen molar-refractivity contribution in [2.75, 3.05) is 6.54 Å². The number of nitrogens with two attached hydrogens (primary N) is 1. The Kier molecular flexibility index (Phi) is 3.22. The molecule has 0 aliphatic rings. The zero-order valence-electron chi connectivity index (χ0n) is 8.72. The molecule has 0 aliphatic heterocycles. The second-order valence-corrected chi connectivity index (χ2v) is 4.57. The van der Waals surface area contributed by atoms with E-state index in [4.69, 9.17) is 5.73 Å². The quantitative estimate of drug-likeness (QED) is 0.855. The van der Waals surface area contributed by atoms with Crippen LogP contribution in [0.2, 0.25) is 0 Å². The summed E-state index contributed by atoms with van der Waals surface area (Å²) in [6, 6.07) is 7.85. The van der Waals surface area contributed by atoms with Crippen LogP contribution in [0.25, 0.3) is 10.8 Å². The number of rotatable bonds is 4. The fourth-order valence-corrected chi connectivity index (χ4v) is 2.97. The highest BCUT2D eigenvalue weighted by Crippen LogP contribution is 2.33. The molecule has 1 aromatic heterocycles. The van der Waals surface area contributed by atoms with E-state index in [0.29, 0.717) is 13.0 Å². The van der Waals surface area contributed by atoms with Crippen molar-refractivity contribution < 1.29 is 9.90 Å². The molecule has 0 spiro atoms. The van der Waals surface area contributed by atoms with E-state index in [2.05, 4.69) is 0 Å². The maximum absolute atomic E-state index is 11.2. The molecular formula is C12H13NO2S. The number of aliphatic carboxylic acids is 1. The molecule has 4 heteroatoms. The Morgan fingerprint density at radius 2 is 2.19 bits per heavy atom. The molecule has 1 aromatic carbocycles. The minimum atomic E-state index is -0.793. The lowest BCUT2D eigenvalue weighted by Crippen LogP contribution is -2.15. The summed E-state index contributed by atoms with van der Waals surface area (Å²) >= 11 is 1.50. The van der Waals surface area contributed by atoms with Gasteiger partial charge in [0.15, 0.2) is 0 Å². The predicted octanol–water partition coefficient (Wildman–Crippen LogP) is 2.42. The van der Waals surface area contributed by atoms with Crippen LogP contribution in [0.15, 0.2) is 29.6 Å². The van der Waals surface area contributed by atoms with Gasteiger partial charge in [0.25, 0.3) is 0 Å². The molecule has 2 aromatic rings. The molecule has 16 heavy (non-hydrogen) atoms. The van der Waals surface area contributed by atoms with E-state index < -0.39 is 11.9 Å². The van der Waals surface area contributed by atoms with E-state index in [1.807, 2.05) is 29.6 Å². The fraction of sp³-hybridized carbons (Fsp3) is 0.250. The molecule has 0 fully saturated rings. The molecular weight excluding hydrogens is 222 g/mol. The number of carboxylic acids is 1. The number of benzene rings is 1. The summed E-state index contributed by atoms with van der Waals surface area (Å²) in [5.74, 6) is -1.27. The molecule has 0 aliphatic carbocycles. The third-order valence-electron chi connectivity index (χ3n) is 2.61. The minimum Gasteiger partial charge on any atom is -0.481 e.